The van der Waals surface area contributed by atoms with Crippen LogP contribution in [-0.4, -0.2) is 37.0 Å². The van der Waals surface area contributed by atoms with Gasteiger partial charge in [0.25, 0.3) is 0 Å². The third-order valence-electron chi connectivity index (χ3n) is 2.89. The molecule has 1 amide bonds. The summed E-state index contributed by atoms with van der Waals surface area (Å²) in [7, 11) is 1.84. The van der Waals surface area contributed by atoms with Gasteiger partial charge in [-0.25, -0.2) is 0 Å². The zero-order valence-corrected chi connectivity index (χ0v) is 10.00. The third kappa shape index (κ3) is 2.54. The van der Waals surface area contributed by atoms with Crippen molar-refractivity contribution in [2.75, 3.05) is 20.1 Å². The minimum atomic E-state index is 0.149. The molecule has 1 N–H and O–H groups in total. The average Bonchev–Trinajstić information content (AvgIpc) is 2.27. The van der Waals surface area contributed by atoms with E-state index in [1.165, 1.54) is 0 Å². The van der Waals surface area contributed by atoms with Gasteiger partial charge in [0.05, 0.1) is 6.54 Å². The van der Waals surface area contributed by atoms with Crippen LogP contribution >= 0.6 is 11.6 Å². The summed E-state index contributed by atoms with van der Waals surface area (Å²) in [5.74, 6) is 0.149. The van der Waals surface area contributed by atoms with Crippen molar-refractivity contribution in [3.8, 4) is 0 Å². The van der Waals surface area contributed by atoms with E-state index in [0.717, 1.165) is 23.6 Å². The first-order valence-electron chi connectivity index (χ1n) is 5.37. The standard InChI is InChI=1S/C12H15ClN2O/c1-15-8-10(14-7-12(15)16)6-9-4-2-3-5-11(9)13/h2-5,10,14H,6-8H2,1H3. The maximum atomic E-state index is 11.3. The van der Waals surface area contributed by atoms with Crippen molar-refractivity contribution in [2.24, 2.45) is 0 Å². The predicted octanol–water partition coefficient (Wildman–Crippen LogP) is 1.31. The predicted molar refractivity (Wildman–Crippen MR) is 64.6 cm³/mol. The normalized spacial score (nSPS) is 21.2. The molecule has 1 atom stereocenters. The molecule has 0 aromatic heterocycles. The second kappa shape index (κ2) is 4.85. The van der Waals surface area contributed by atoms with Crippen LogP contribution < -0.4 is 5.32 Å². The molecule has 0 spiro atoms. The van der Waals surface area contributed by atoms with E-state index in [-0.39, 0.29) is 5.91 Å². The van der Waals surface area contributed by atoms with Crippen molar-refractivity contribution in [3.63, 3.8) is 0 Å². The lowest BCUT2D eigenvalue weighted by atomic mass is 10.0. The van der Waals surface area contributed by atoms with Crippen molar-refractivity contribution < 1.29 is 4.79 Å². The van der Waals surface area contributed by atoms with E-state index in [1.54, 1.807) is 4.90 Å². The second-order valence-corrected chi connectivity index (χ2v) is 4.55. The van der Waals surface area contributed by atoms with Crippen LogP contribution in [0.2, 0.25) is 5.02 Å². The molecule has 1 heterocycles. The lowest BCUT2D eigenvalue weighted by Crippen LogP contribution is -2.53. The van der Waals surface area contributed by atoms with Crippen LogP contribution in [0.4, 0.5) is 0 Å². The Morgan fingerprint density at radius 1 is 1.50 bits per heavy atom. The summed E-state index contributed by atoms with van der Waals surface area (Å²) >= 11 is 6.10. The highest BCUT2D eigenvalue weighted by Gasteiger charge is 2.22. The summed E-state index contributed by atoms with van der Waals surface area (Å²) in [6.07, 6.45) is 0.858. The van der Waals surface area contributed by atoms with Gasteiger partial charge < -0.3 is 10.2 Å². The van der Waals surface area contributed by atoms with Gasteiger partial charge in [-0.05, 0) is 18.1 Å². The first kappa shape index (κ1) is 11.4. The third-order valence-corrected chi connectivity index (χ3v) is 3.25. The highest BCUT2D eigenvalue weighted by Crippen LogP contribution is 2.17. The highest BCUT2D eigenvalue weighted by molar-refractivity contribution is 6.31. The molecule has 1 aliphatic rings. The van der Waals surface area contributed by atoms with E-state index in [0.29, 0.717) is 12.6 Å². The summed E-state index contributed by atoms with van der Waals surface area (Å²) in [6.45, 7) is 1.16. The number of rotatable bonds is 2. The van der Waals surface area contributed by atoms with Gasteiger partial charge in [-0.3, -0.25) is 4.79 Å². The van der Waals surface area contributed by atoms with Gasteiger partial charge in [-0.15, -0.1) is 0 Å². The van der Waals surface area contributed by atoms with Crippen LogP contribution in [0, 0.1) is 0 Å². The number of likely N-dealkylation sites (N-methyl/N-ethyl adjacent to an activating group) is 1. The van der Waals surface area contributed by atoms with Crippen molar-refractivity contribution in [1.82, 2.24) is 10.2 Å². The van der Waals surface area contributed by atoms with Crippen LogP contribution in [0.3, 0.4) is 0 Å². The maximum Gasteiger partial charge on any atom is 0.236 e. The van der Waals surface area contributed by atoms with Gasteiger partial charge in [-0.1, -0.05) is 29.8 Å². The molecule has 1 aromatic rings. The molecule has 1 aromatic carbocycles. The monoisotopic (exact) mass is 238 g/mol. The molecule has 3 nitrogen and oxygen atoms in total. The summed E-state index contributed by atoms with van der Waals surface area (Å²) in [5, 5.41) is 4.02. The van der Waals surface area contributed by atoms with Crippen LogP contribution in [0.1, 0.15) is 5.56 Å². The maximum absolute atomic E-state index is 11.3. The second-order valence-electron chi connectivity index (χ2n) is 4.15. The van der Waals surface area contributed by atoms with E-state index < -0.39 is 0 Å². The van der Waals surface area contributed by atoms with Gasteiger partial charge >= 0.3 is 0 Å². The zero-order valence-electron chi connectivity index (χ0n) is 9.24. The number of piperazine rings is 1. The van der Waals surface area contributed by atoms with Gasteiger partial charge in [0.15, 0.2) is 0 Å². The topological polar surface area (TPSA) is 32.3 Å². The quantitative estimate of drug-likeness (QED) is 0.843. The van der Waals surface area contributed by atoms with Crippen molar-refractivity contribution in [3.05, 3.63) is 34.9 Å². The van der Waals surface area contributed by atoms with Gasteiger partial charge in [-0.2, -0.15) is 0 Å². The SMILES string of the molecule is CN1CC(Cc2ccccc2Cl)NCC1=O. The molecule has 0 saturated carbocycles. The number of hydrogen-bond donors (Lipinski definition) is 1. The highest BCUT2D eigenvalue weighted by atomic mass is 35.5. The molecule has 86 valence electrons. The fraction of sp³-hybridized carbons (Fsp3) is 0.417. The van der Waals surface area contributed by atoms with E-state index in [4.69, 9.17) is 11.6 Å². The van der Waals surface area contributed by atoms with Gasteiger partial charge in [0.1, 0.15) is 0 Å². The number of benzene rings is 1. The Labute approximate surface area is 100 Å². The Kier molecular flexibility index (Phi) is 3.46. The zero-order chi connectivity index (χ0) is 11.5. The number of nitrogens with zero attached hydrogens (tertiary/aromatic N) is 1. The van der Waals surface area contributed by atoms with Crippen LogP contribution in [-0.2, 0) is 11.2 Å². The molecule has 1 saturated heterocycles. The van der Waals surface area contributed by atoms with E-state index >= 15 is 0 Å². The molecule has 1 fully saturated rings. The summed E-state index contributed by atoms with van der Waals surface area (Å²) in [6, 6.07) is 8.13. The fourth-order valence-electron chi connectivity index (χ4n) is 1.93. The molecule has 0 aliphatic carbocycles. The molecular weight excluding hydrogens is 224 g/mol. The van der Waals surface area contributed by atoms with E-state index in [9.17, 15) is 4.79 Å². The molecule has 2 rings (SSSR count). The van der Waals surface area contributed by atoms with Gasteiger partial charge in [0, 0.05) is 24.7 Å². The molecule has 1 aliphatic heterocycles. The number of halogens is 1. The van der Waals surface area contributed by atoms with Crippen molar-refractivity contribution in [2.45, 2.75) is 12.5 Å². The van der Waals surface area contributed by atoms with Crippen LogP contribution in [0.25, 0.3) is 0 Å². The van der Waals surface area contributed by atoms with E-state index in [2.05, 4.69) is 5.32 Å². The molecule has 16 heavy (non-hydrogen) atoms. The largest absolute Gasteiger partial charge is 0.343 e. The number of hydrogen-bond acceptors (Lipinski definition) is 2. The van der Waals surface area contributed by atoms with Gasteiger partial charge in [0.2, 0.25) is 5.91 Å². The average molecular weight is 239 g/mol. The Balaban J connectivity index is 2.01. The summed E-state index contributed by atoms with van der Waals surface area (Å²) in [4.78, 5) is 13.1. The first-order valence-corrected chi connectivity index (χ1v) is 5.75. The lowest BCUT2D eigenvalue weighted by Gasteiger charge is -2.31. The minimum Gasteiger partial charge on any atom is -0.343 e. The Morgan fingerprint density at radius 3 is 2.94 bits per heavy atom. The summed E-state index contributed by atoms with van der Waals surface area (Å²) in [5.41, 5.74) is 1.13. The molecule has 0 radical (unpaired) electrons. The number of carbonyl (C=O) groups excluding carboxylic acids is 1. The number of amides is 1. The lowest BCUT2D eigenvalue weighted by molar-refractivity contribution is -0.131. The minimum absolute atomic E-state index is 0.149. The smallest absolute Gasteiger partial charge is 0.236 e. The Bertz CT molecular complexity index is 394. The number of carbonyl (C=O) groups is 1. The van der Waals surface area contributed by atoms with Crippen molar-refractivity contribution in [1.29, 1.82) is 0 Å². The van der Waals surface area contributed by atoms with Crippen LogP contribution in [0.15, 0.2) is 24.3 Å². The fourth-order valence-corrected chi connectivity index (χ4v) is 2.14. The number of nitrogens with one attached hydrogen (secondary N) is 1. The van der Waals surface area contributed by atoms with E-state index in [1.807, 2.05) is 31.3 Å². The summed E-state index contributed by atoms with van der Waals surface area (Å²) < 4.78 is 0. The Morgan fingerprint density at radius 2 is 2.25 bits per heavy atom. The first-order chi connectivity index (χ1) is 7.66. The molecular formula is C12H15ClN2O. The van der Waals surface area contributed by atoms with Crippen molar-refractivity contribution >= 4 is 17.5 Å². The molecule has 4 heteroatoms. The molecule has 1 unspecified atom stereocenters. The Hall–Kier alpha value is -1.06. The molecule has 0 bridgehead atoms. The van der Waals surface area contributed by atoms with Crippen LogP contribution in [0.5, 0.6) is 0 Å².